The molecular formula is C17H22N4O2. The number of carbonyl (C=O) groups excluding carboxylic acids is 2. The summed E-state index contributed by atoms with van der Waals surface area (Å²) in [7, 11) is 0. The fourth-order valence-electron chi connectivity index (χ4n) is 2.59. The molecule has 1 atom stereocenters. The summed E-state index contributed by atoms with van der Waals surface area (Å²) in [5, 5.41) is 14.2. The van der Waals surface area contributed by atoms with E-state index in [4.69, 9.17) is 5.26 Å². The molecule has 23 heavy (non-hydrogen) atoms. The van der Waals surface area contributed by atoms with Gasteiger partial charge in [-0.05, 0) is 37.5 Å². The number of urea groups is 1. The maximum Gasteiger partial charge on any atom is 0.319 e. The molecule has 1 aromatic carbocycles. The molecule has 0 unspecified atom stereocenters. The van der Waals surface area contributed by atoms with Gasteiger partial charge >= 0.3 is 6.03 Å². The SMILES string of the molecule is CC[C@@H](CC#N)NC(=O)Nc1cccc(C(=O)N2CCCC2)c1. The van der Waals surface area contributed by atoms with Crippen molar-refractivity contribution in [3.8, 4) is 6.07 Å². The minimum Gasteiger partial charge on any atom is -0.339 e. The van der Waals surface area contributed by atoms with Crippen LogP contribution in [0.4, 0.5) is 10.5 Å². The van der Waals surface area contributed by atoms with Gasteiger partial charge in [0.1, 0.15) is 0 Å². The average molecular weight is 314 g/mol. The highest BCUT2D eigenvalue weighted by Crippen LogP contribution is 2.16. The Morgan fingerprint density at radius 1 is 1.35 bits per heavy atom. The Labute approximate surface area is 136 Å². The number of nitrogens with zero attached hydrogens (tertiary/aromatic N) is 2. The molecule has 0 bridgehead atoms. The Morgan fingerprint density at radius 3 is 2.74 bits per heavy atom. The molecule has 1 fully saturated rings. The van der Waals surface area contributed by atoms with Crippen LogP contribution in [0.5, 0.6) is 0 Å². The van der Waals surface area contributed by atoms with Gasteiger partial charge in [0.05, 0.1) is 12.5 Å². The van der Waals surface area contributed by atoms with Crippen molar-refractivity contribution >= 4 is 17.6 Å². The Hall–Kier alpha value is -2.55. The highest BCUT2D eigenvalue weighted by atomic mass is 16.2. The van der Waals surface area contributed by atoms with Crippen molar-refractivity contribution in [3.63, 3.8) is 0 Å². The minimum absolute atomic E-state index is 0.00229. The van der Waals surface area contributed by atoms with Crippen LogP contribution in [-0.2, 0) is 0 Å². The van der Waals surface area contributed by atoms with E-state index in [9.17, 15) is 9.59 Å². The second-order valence-corrected chi connectivity index (χ2v) is 5.65. The minimum atomic E-state index is -0.363. The lowest BCUT2D eigenvalue weighted by molar-refractivity contribution is 0.0793. The molecule has 1 aliphatic heterocycles. The largest absolute Gasteiger partial charge is 0.339 e. The molecule has 1 saturated heterocycles. The normalized spacial score (nSPS) is 14.9. The number of nitriles is 1. The first-order valence-corrected chi connectivity index (χ1v) is 7.98. The van der Waals surface area contributed by atoms with E-state index in [-0.39, 0.29) is 24.4 Å². The Morgan fingerprint density at radius 2 is 2.09 bits per heavy atom. The second-order valence-electron chi connectivity index (χ2n) is 5.65. The van der Waals surface area contributed by atoms with E-state index in [1.165, 1.54) is 0 Å². The van der Waals surface area contributed by atoms with Crippen LogP contribution < -0.4 is 10.6 Å². The summed E-state index contributed by atoms with van der Waals surface area (Å²) in [5.41, 5.74) is 1.15. The highest BCUT2D eigenvalue weighted by Gasteiger charge is 2.19. The Bertz CT molecular complexity index is 603. The maximum atomic E-state index is 12.4. The molecule has 6 heteroatoms. The summed E-state index contributed by atoms with van der Waals surface area (Å²) in [6, 6.07) is 8.46. The number of carbonyl (C=O) groups is 2. The molecule has 1 aliphatic rings. The van der Waals surface area contributed by atoms with Crippen LogP contribution in [0.1, 0.15) is 43.0 Å². The standard InChI is InChI=1S/C17H22N4O2/c1-2-14(8-9-18)19-17(23)20-15-7-5-6-13(12-15)16(22)21-10-3-4-11-21/h5-7,12,14H,2-4,8,10-11H2,1H3,(H2,19,20,23)/t14-/m0/s1. The molecule has 6 nitrogen and oxygen atoms in total. The number of anilines is 1. The summed E-state index contributed by atoms with van der Waals surface area (Å²) in [4.78, 5) is 26.2. The van der Waals surface area contributed by atoms with Gasteiger partial charge in [-0.3, -0.25) is 4.79 Å². The number of hydrogen-bond acceptors (Lipinski definition) is 3. The van der Waals surface area contributed by atoms with Crippen LogP contribution in [-0.4, -0.2) is 36.0 Å². The zero-order valence-electron chi connectivity index (χ0n) is 13.3. The van der Waals surface area contributed by atoms with Crippen LogP contribution in [0.2, 0.25) is 0 Å². The molecule has 0 aromatic heterocycles. The van der Waals surface area contributed by atoms with Gasteiger partial charge in [-0.2, -0.15) is 5.26 Å². The zero-order valence-corrected chi connectivity index (χ0v) is 13.3. The molecule has 1 aromatic rings. The van der Waals surface area contributed by atoms with E-state index >= 15 is 0 Å². The van der Waals surface area contributed by atoms with Crippen molar-refractivity contribution in [2.75, 3.05) is 18.4 Å². The first-order valence-electron chi connectivity index (χ1n) is 7.98. The smallest absolute Gasteiger partial charge is 0.319 e. The number of likely N-dealkylation sites (tertiary alicyclic amines) is 1. The molecule has 3 amide bonds. The molecule has 0 radical (unpaired) electrons. The predicted molar refractivity (Wildman–Crippen MR) is 88.0 cm³/mol. The first kappa shape index (κ1) is 16.8. The quantitative estimate of drug-likeness (QED) is 0.876. The molecule has 122 valence electrons. The second kappa shape index (κ2) is 8.18. The number of hydrogen-bond donors (Lipinski definition) is 2. The van der Waals surface area contributed by atoms with E-state index in [2.05, 4.69) is 16.7 Å². The lowest BCUT2D eigenvalue weighted by Gasteiger charge is -2.17. The Kier molecular flexibility index (Phi) is 5.98. The van der Waals surface area contributed by atoms with E-state index in [0.29, 0.717) is 17.7 Å². The zero-order chi connectivity index (χ0) is 16.7. The fraction of sp³-hybridized carbons (Fsp3) is 0.471. The van der Waals surface area contributed by atoms with Gasteiger partial charge < -0.3 is 15.5 Å². The average Bonchev–Trinajstić information content (AvgIpc) is 3.08. The van der Waals surface area contributed by atoms with E-state index in [0.717, 1.165) is 25.9 Å². The van der Waals surface area contributed by atoms with Gasteiger partial charge in [-0.15, -0.1) is 0 Å². The molecule has 0 saturated carbocycles. The topological polar surface area (TPSA) is 85.2 Å². The van der Waals surface area contributed by atoms with Crippen LogP contribution in [0.25, 0.3) is 0 Å². The molecule has 2 N–H and O–H groups in total. The van der Waals surface area contributed by atoms with Crippen LogP contribution in [0.3, 0.4) is 0 Å². The first-order chi connectivity index (χ1) is 11.1. The third-order valence-electron chi connectivity index (χ3n) is 3.93. The number of nitrogens with one attached hydrogen (secondary N) is 2. The predicted octanol–water partition coefficient (Wildman–Crippen LogP) is 2.74. The molecule has 0 spiro atoms. The van der Waals surface area contributed by atoms with Gasteiger partial charge in [0.15, 0.2) is 0 Å². The van der Waals surface area contributed by atoms with E-state index in [1.54, 1.807) is 24.3 Å². The molecule has 0 aliphatic carbocycles. The van der Waals surface area contributed by atoms with Crippen molar-refractivity contribution in [2.45, 2.75) is 38.6 Å². The molecule has 2 rings (SSSR count). The summed E-state index contributed by atoms with van der Waals surface area (Å²) in [6.45, 7) is 3.50. The van der Waals surface area contributed by atoms with Crippen LogP contribution in [0, 0.1) is 11.3 Å². The van der Waals surface area contributed by atoms with Crippen molar-refractivity contribution < 1.29 is 9.59 Å². The van der Waals surface area contributed by atoms with Gasteiger partial charge in [0.25, 0.3) is 5.91 Å². The van der Waals surface area contributed by atoms with Gasteiger partial charge in [0.2, 0.25) is 0 Å². The molecular weight excluding hydrogens is 292 g/mol. The van der Waals surface area contributed by atoms with Crippen molar-refractivity contribution in [1.29, 1.82) is 5.26 Å². The monoisotopic (exact) mass is 314 g/mol. The summed E-state index contributed by atoms with van der Waals surface area (Å²) >= 11 is 0. The van der Waals surface area contributed by atoms with Crippen molar-refractivity contribution in [1.82, 2.24) is 10.2 Å². The van der Waals surface area contributed by atoms with Crippen molar-refractivity contribution in [2.24, 2.45) is 0 Å². The number of rotatable bonds is 5. The summed E-state index contributed by atoms with van der Waals surface area (Å²) < 4.78 is 0. The molecule has 1 heterocycles. The lowest BCUT2D eigenvalue weighted by atomic mass is 10.1. The summed E-state index contributed by atoms with van der Waals surface area (Å²) in [6.07, 6.45) is 3.05. The van der Waals surface area contributed by atoms with Gasteiger partial charge in [-0.25, -0.2) is 4.79 Å². The van der Waals surface area contributed by atoms with Gasteiger partial charge in [0, 0.05) is 30.4 Å². The summed E-state index contributed by atoms with van der Waals surface area (Å²) in [5.74, 6) is 0.00229. The van der Waals surface area contributed by atoms with Gasteiger partial charge in [-0.1, -0.05) is 13.0 Å². The van der Waals surface area contributed by atoms with Crippen LogP contribution >= 0.6 is 0 Å². The maximum absolute atomic E-state index is 12.4. The fourth-order valence-corrected chi connectivity index (χ4v) is 2.59. The highest BCUT2D eigenvalue weighted by molar-refractivity contribution is 5.97. The van der Waals surface area contributed by atoms with E-state index < -0.39 is 0 Å². The lowest BCUT2D eigenvalue weighted by Crippen LogP contribution is -2.37. The third-order valence-corrected chi connectivity index (χ3v) is 3.93. The third kappa shape index (κ3) is 4.71. The van der Waals surface area contributed by atoms with Crippen LogP contribution in [0.15, 0.2) is 24.3 Å². The van der Waals surface area contributed by atoms with Crippen molar-refractivity contribution in [3.05, 3.63) is 29.8 Å². The number of benzene rings is 1. The number of amides is 3. The van der Waals surface area contributed by atoms with E-state index in [1.807, 2.05) is 11.8 Å². The Balaban J connectivity index is 1.98.